The summed E-state index contributed by atoms with van der Waals surface area (Å²) in [6, 6.07) is 10.2. The van der Waals surface area contributed by atoms with Crippen molar-refractivity contribution in [2.75, 3.05) is 6.54 Å². The fourth-order valence-electron chi connectivity index (χ4n) is 2.59. The second kappa shape index (κ2) is 6.49. The summed E-state index contributed by atoms with van der Waals surface area (Å²) in [5.74, 6) is 0.783. The smallest absolute Gasteiger partial charge is 0.221 e. The highest BCUT2D eigenvalue weighted by molar-refractivity contribution is 5.76. The highest BCUT2D eigenvalue weighted by Crippen LogP contribution is 2.10. The Kier molecular flexibility index (Phi) is 4.25. The Morgan fingerprint density at radius 1 is 1.38 bits per heavy atom. The van der Waals surface area contributed by atoms with Gasteiger partial charge < -0.3 is 10.6 Å². The second-order valence-electron chi connectivity index (χ2n) is 5.23. The molecule has 0 aliphatic carbocycles. The Morgan fingerprint density at radius 3 is 3.00 bits per heavy atom. The number of para-hydroxylation sites is 1. The second-order valence-corrected chi connectivity index (χ2v) is 5.23. The standard InChI is InChI=1S/C15H19N5O/c21-15(9-12-5-4-8-16-12)17-10-14-19-18-11-20(14)13-6-2-1-3-7-13/h1-3,6-7,11-12,16H,4-5,8-10H2,(H,17,21). The van der Waals surface area contributed by atoms with Gasteiger partial charge in [-0.05, 0) is 31.5 Å². The maximum Gasteiger partial charge on any atom is 0.221 e. The van der Waals surface area contributed by atoms with Gasteiger partial charge in [-0.1, -0.05) is 18.2 Å². The minimum Gasteiger partial charge on any atom is -0.349 e. The average Bonchev–Trinajstić information content (AvgIpc) is 3.17. The number of rotatable bonds is 5. The zero-order chi connectivity index (χ0) is 14.5. The maximum atomic E-state index is 11.9. The fraction of sp³-hybridized carbons (Fsp3) is 0.400. The molecule has 0 bridgehead atoms. The van der Waals surface area contributed by atoms with Crippen LogP contribution in [0.5, 0.6) is 0 Å². The van der Waals surface area contributed by atoms with Gasteiger partial charge in [0.1, 0.15) is 6.33 Å². The van der Waals surface area contributed by atoms with E-state index in [4.69, 9.17) is 0 Å². The molecule has 1 aromatic carbocycles. The summed E-state index contributed by atoms with van der Waals surface area (Å²) in [4.78, 5) is 11.9. The lowest BCUT2D eigenvalue weighted by molar-refractivity contribution is -0.121. The van der Waals surface area contributed by atoms with Gasteiger partial charge in [0.05, 0.1) is 6.54 Å². The van der Waals surface area contributed by atoms with Crippen LogP contribution in [-0.2, 0) is 11.3 Å². The summed E-state index contributed by atoms with van der Waals surface area (Å²) in [5, 5.41) is 14.3. The summed E-state index contributed by atoms with van der Waals surface area (Å²) >= 11 is 0. The van der Waals surface area contributed by atoms with Crippen LogP contribution in [0.1, 0.15) is 25.1 Å². The zero-order valence-electron chi connectivity index (χ0n) is 11.8. The van der Waals surface area contributed by atoms with Crippen molar-refractivity contribution < 1.29 is 4.79 Å². The van der Waals surface area contributed by atoms with Crippen LogP contribution in [0.4, 0.5) is 0 Å². The van der Waals surface area contributed by atoms with Crippen LogP contribution in [0.2, 0.25) is 0 Å². The number of hydrogen-bond donors (Lipinski definition) is 2. The molecular formula is C15H19N5O. The summed E-state index contributed by atoms with van der Waals surface area (Å²) in [7, 11) is 0. The van der Waals surface area contributed by atoms with Crippen molar-refractivity contribution in [2.24, 2.45) is 0 Å². The quantitative estimate of drug-likeness (QED) is 0.860. The first-order valence-corrected chi connectivity index (χ1v) is 7.27. The number of hydrogen-bond acceptors (Lipinski definition) is 4. The van der Waals surface area contributed by atoms with E-state index in [0.29, 0.717) is 19.0 Å². The summed E-state index contributed by atoms with van der Waals surface area (Å²) in [6.07, 6.45) is 4.42. The third kappa shape index (κ3) is 3.46. The summed E-state index contributed by atoms with van der Waals surface area (Å²) in [6.45, 7) is 1.40. The van der Waals surface area contributed by atoms with Crippen molar-refractivity contribution in [3.05, 3.63) is 42.5 Å². The number of aromatic nitrogens is 3. The molecule has 1 aliphatic heterocycles. The molecule has 1 aliphatic rings. The first-order valence-electron chi connectivity index (χ1n) is 7.27. The van der Waals surface area contributed by atoms with Gasteiger partial charge in [-0.25, -0.2) is 0 Å². The Morgan fingerprint density at radius 2 is 2.24 bits per heavy atom. The van der Waals surface area contributed by atoms with E-state index in [0.717, 1.165) is 30.9 Å². The van der Waals surface area contributed by atoms with E-state index in [1.165, 1.54) is 0 Å². The number of benzene rings is 1. The molecule has 1 saturated heterocycles. The van der Waals surface area contributed by atoms with Crippen molar-refractivity contribution in [3.63, 3.8) is 0 Å². The van der Waals surface area contributed by atoms with E-state index in [1.54, 1.807) is 6.33 Å². The van der Waals surface area contributed by atoms with Gasteiger partial charge in [0, 0.05) is 18.2 Å². The van der Waals surface area contributed by atoms with Crippen molar-refractivity contribution >= 4 is 5.91 Å². The molecule has 0 spiro atoms. The van der Waals surface area contributed by atoms with Gasteiger partial charge in [0.2, 0.25) is 5.91 Å². The molecule has 21 heavy (non-hydrogen) atoms. The normalized spacial score (nSPS) is 17.8. The average molecular weight is 285 g/mol. The van der Waals surface area contributed by atoms with Crippen LogP contribution >= 0.6 is 0 Å². The Balaban J connectivity index is 1.58. The Labute approximate surface area is 123 Å². The monoisotopic (exact) mass is 285 g/mol. The molecule has 2 heterocycles. The number of nitrogens with zero attached hydrogens (tertiary/aromatic N) is 3. The largest absolute Gasteiger partial charge is 0.349 e. The SMILES string of the molecule is O=C(CC1CCCN1)NCc1nncn1-c1ccccc1. The highest BCUT2D eigenvalue weighted by atomic mass is 16.1. The van der Waals surface area contributed by atoms with Crippen LogP contribution in [0.15, 0.2) is 36.7 Å². The molecule has 0 saturated carbocycles. The van der Waals surface area contributed by atoms with Crippen LogP contribution in [0.3, 0.4) is 0 Å². The lowest BCUT2D eigenvalue weighted by Crippen LogP contribution is -2.32. The molecule has 6 heteroatoms. The van der Waals surface area contributed by atoms with Gasteiger partial charge in [0.25, 0.3) is 0 Å². The minimum atomic E-state index is 0.0528. The lowest BCUT2D eigenvalue weighted by Gasteiger charge is -2.11. The molecule has 2 aromatic rings. The van der Waals surface area contributed by atoms with Crippen molar-refractivity contribution in [1.29, 1.82) is 0 Å². The van der Waals surface area contributed by atoms with Crippen LogP contribution in [0, 0.1) is 0 Å². The Hall–Kier alpha value is -2.21. The predicted octanol–water partition coefficient (Wildman–Crippen LogP) is 1.03. The molecule has 2 N–H and O–H groups in total. The van der Waals surface area contributed by atoms with Crippen molar-refractivity contribution in [1.82, 2.24) is 25.4 Å². The molecule has 1 atom stereocenters. The van der Waals surface area contributed by atoms with E-state index < -0.39 is 0 Å². The minimum absolute atomic E-state index is 0.0528. The molecular weight excluding hydrogens is 266 g/mol. The third-order valence-electron chi connectivity index (χ3n) is 3.69. The van der Waals surface area contributed by atoms with Gasteiger partial charge in [-0.2, -0.15) is 0 Å². The van der Waals surface area contributed by atoms with E-state index in [2.05, 4.69) is 20.8 Å². The van der Waals surface area contributed by atoms with E-state index in [9.17, 15) is 4.79 Å². The molecule has 3 rings (SSSR count). The van der Waals surface area contributed by atoms with Crippen molar-refractivity contribution in [2.45, 2.75) is 31.8 Å². The molecule has 1 fully saturated rings. The van der Waals surface area contributed by atoms with Crippen LogP contribution < -0.4 is 10.6 Å². The highest BCUT2D eigenvalue weighted by Gasteiger charge is 2.17. The van der Waals surface area contributed by atoms with Gasteiger partial charge >= 0.3 is 0 Å². The van der Waals surface area contributed by atoms with E-state index in [1.807, 2.05) is 34.9 Å². The molecule has 110 valence electrons. The summed E-state index contributed by atoms with van der Waals surface area (Å²) in [5.41, 5.74) is 0.990. The number of carbonyl (C=O) groups excluding carboxylic acids is 1. The van der Waals surface area contributed by atoms with Gasteiger partial charge in [-0.15, -0.1) is 10.2 Å². The topological polar surface area (TPSA) is 71.8 Å². The van der Waals surface area contributed by atoms with Crippen LogP contribution in [0.25, 0.3) is 5.69 Å². The fourth-order valence-corrected chi connectivity index (χ4v) is 2.59. The number of carbonyl (C=O) groups is 1. The molecule has 1 unspecified atom stereocenters. The zero-order valence-corrected chi connectivity index (χ0v) is 11.8. The first-order chi connectivity index (χ1) is 10.3. The third-order valence-corrected chi connectivity index (χ3v) is 3.69. The van der Waals surface area contributed by atoms with Gasteiger partial charge in [0.15, 0.2) is 5.82 Å². The van der Waals surface area contributed by atoms with Crippen LogP contribution in [-0.4, -0.2) is 33.3 Å². The molecule has 0 radical (unpaired) electrons. The number of nitrogens with one attached hydrogen (secondary N) is 2. The summed E-state index contributed by atoms with van der Waals surface area (Å²) < 4.78 is 1.88. The maximum absolute atomic E-state index is 11.9. The molecule has 1 aromatic heterocycles. The van der Waals surface area contributed by atoms with E-state index >= 15 is 0 Å². The lowest BCUT2D eigenvalue weighted by atomic mass is 10.1. The molecule has 1 amide bonds. The van der Waals surface area contributed by atoms with E-state index in [-0.39, 0.29) is 5.91 Å². The first kappa shape index (κ1) is 13.8. The molecule has 6 nitrogen and oxygen atoms in total. The number of amides is 1. The Bertz CT molecular complexity index is 589. The van der Waals surface area contributed by atoms with Gasteiger partial charge in [-0.3, -0.25) is 9.36 Å². The van der Waals surface area contributed by atoms with Crippen molar-refractivity contribution in [3.8, 4) is 5.69 Å². The predicted molar refractivity (Wildman–Crippen MR) is 78.8 cm³/mol.